The summed E-state index contributed by atoms with van der Waals surface area (Å²) in [6, 6.07) is -0.212. The molecule has 0 saturated carbocycles. The third kappa shape index (κ3) is 2.94. The van der Waals surface area contributed by atoms with Gasteiger partial charge in [-0.1, -0.05) is 0 Å². The van der Waals surface area contributed by atoms with Crippen LogP contribution in [0.3, 0.4) is 0 Å². The third-order valence-electron chi connectivity index (χ3n) is 2.45. The van der Waals surface area contributed by atoms with E-state index in [1.807, 2.05) is 11.8 Å². The number of hydrogen-bond donors (Lipinski definition) is 2. The minimum Gasteiger partial charge on any atom is -0.389 e. The Labute approximate surface area is 84.0 Å². The Bertz CT molecular complexity index is 198. The van der Waals surface area contributed by atoms with Gasteiger partial charge in [-0.15, -0.1) is 0 Å². The molecule has 0 aromatic rings. The van der Waals surface area contributed by atoms with Crippen LogP contribution in [0.5, 0.6) is 0 Å². The molecule has 0 bridgehead atoms. The zero-order valence-corrected chi connectivity index (χ0v) is 8.69. The van der Waals surface area contributed by atoms with Crippen LogP contribution in [0.2, 0.25) is 0 Å². The van der Waals surface area contributed by atoms with E-state index in [9.17, 15) is 9.90 Å². The molecule has 0 aromatic carbocycles. The summed E-state index contributed by atoms with van der Waals surface area (Å²) in [5.41, 5.74) is 0. The Morgan fingerprint density at radius 3 is 3.07 bits per heavy atom. The zero-order chi connectivity index (χ0) is 10.6. The molecule has 5 heteroatoms. The van der Waals surface area contributed by atoms with E-state index in [-0.39, 0.29) is 11.9 Å². The number of carbonyl (C=O) groups is 1. The van der Waals surface area contributed by atoms with Crippen molar-refractivity contribution in [2.24, 2.45) is 0 Å². The molecule has 1 saturated heterocycles. The summed E-state index contributed by atoms with van der Waals surface area (Å²) in [5.74, 6) is -0.0286. The molecule has 2 atom stereocenters. The Hall–Kier alpha value is -0.650. The number of carbonyl (C=O) groups excluding carboxylic acids is 1. The third-order valence-corrected chi connectivity index (χ3v) is 2.45. The number of likely N-dealkylation sites (N-methyl/N-ethyl adjacent to an activating group) is 1. The molecule has 1 rings (SSSR count). The summed E-state index contributed by atoms with van der Waals surface area (Å²) in [7, 11) is 1.61. The normalized spacial score (nSPS) is 26.6. The summed E-state index contributed by atoms with van der Waals surface area (Å²) in [6.07, 6.45) is -0.496. The zero-order valence-electron chi connectivity index (χ0n) is 8.69. The predicted molar refractivity (Wildman–Crippen MR) is 51.9 cm³/mol. The van der Waals surface area contributed by atoms with E-state index >= 15 is 0 Å². The maximum absolute atomic E-state index is 11.4. The number of β-amino-alcohol motifs (C(OH)–C–C–N with tert-alkyl or cyclic N) is 1. The number of rotatable bonds is 2. The molecule has 14 heavy (non-hydrogen) atoms. The van der Waals surface area contributed by atoms with Crippen molar-refractivity contribution >= 4 is 5.91 Å². The van der Waals surface area contributed by atoms with Crippen LogP contribution in [-0.4, -0.2) is 61.4 Å². The predicted octanol–water partition coefficient (Wildman–Crippen LogP) is -1.19. The van der Waals surface area contributed by atoms with Gasteiger partial charge in [0.1, 0.15) is 0 Å². The number of nitrogens with zero attached hydrogens (tertiary/aromatic N) is 1. The van der Waals surface area contributed by atoms with Crippen LogP contribution in [0, 0.1) is 0 Å². The lowest BCUT2D eigenvalue weighted by molar-refractivity contribution is -0.125. The fourth-order valence-corrected chi connectivity index (χ4v) is 1.54. The van der Waals surface area contributed by atoms with E-state index in [0.29, 0.717) is 26.3 Å². The molecular weight excluding hydrogens is 184 g/mol. The quantitative estimate of drug-likeness (QED) is 0.591. The molecule has 0 aliphatic carbocycles. The average molecular weight is 202 g/mol. The fraction of sp³-hybridized carbons (Fsp3) is 0.889. The first kappa shape index (κ1) is 11.4. The Balaban J connectivity index is 2.52. The molecule has 5 nitrogen and oxygen atoms in total. The van der Waals surface area contributed by atoms with E-state index in [1.165, 1.54) is 0 Å². The largest absolute Gasteiger partial charge is 0.389 e. The standard InChI is InChI=1S/C9H18N2O3/c1-7(9(13)10-2)11-3-4-14-6-8(12)5-11/h7-8,12H,3-6H2,1-2H3,(H,10,13). The first-order chi connectivity index (χ1) is 6.65. The monoisotopic (exact) mass is 202 g/mol. The van der Waals surface area contributed by atoms with Gasteiger partial charge in [-0.2, -0.15) is 0 Å². The molecule has 0 spiro atoms. The molecule has 2 unspecified atom stereocenters. The summed E-state index contributed by atoms with van der Waals surface area (Å²) < 4.78 is 5.18. The highest BCUT2D eigenvalue weighted by molar-refractivity contribution is 5.80. The second-order valence-electron chi connectivity index (χ2n) is 3.51. The molecule has 1 aliphatic heterocycles. The maximum atomic E-state index is 11.4. The van der Waals surface area contributed by atoms with Gasteiger partial charge < -0.3 is 15.2 Å². The van der Waals surface area contributed by atoms with E-state index < -0.39 is 6.10 Å². The van der Waals surface area contributed by atoms with E-state index in [2.05, 4.69) is 5.32 Å². The first-order valence-electron chi connectivity index (χ1n) is 4.86. The van der Waals surface area contributed by atoms with E-state index in [1.54, 1.807) is 7.05 Å². The van der Waals surface area contributed by atoms with Crippen molar-refractivity contribution in [2.75, 3.05) is 33.4 Å². The second-order valence-corrected chi connectivity index (χ2v) is 3.51. The first-order valence-corrected chi connectivity index (χ1v) is 4.86. The van der Waals surface area contributed by atoms with E-state index in [4.69, 9.17) is 4.74 Å². The van der Waals surface area contributed by atoms with Crippen LogP contribution in [-0.2, 0) is 9.53 Å². The Morgan fingerprint density at radius 1 is 1.71 bits per heavy atom. The van der Waals surface area contributed by atoms with Gasteiger partial charge in [-0.25, -0.2) is 0 Å². The molecule has 2 N–H and O–H groups in total. The SMILES string of the molecule is CNC(=O)C(C)N1CCOCC(O)C1. The van der Waals surface area contributed by atoms with Crippen LogP contribution in [0.1, 0.15) is 6.92 Å². The summed E-state index contributed by atoms with van der Waals surface area (Å²) >= 11 is 0. The van der Waals surface area contributed by atoms with Crippen LogP contribution >= 0.6 is 0 Å². The smallest absolute Gasteiger partial charge is 0.236 e. The molecule has 0 aromatic heterocycles. The minimum atomic E-state index is -0.496. The molecule has 82 valence electrons. The van der Waals surface area contributed by atoms with Gasteiger partial charge in [-0.05, 0) is 6.92 Å². The van der Waals surface area contributed by atoms with Crippen LogP contribution in [0.25, 0.3) is 0 Å². The van der Waals surface area contributed by atoms with Crippen LogP contribution in [0.15, 0.2) is 0 Å². The van der Waals surface area contributed by atoms with Crippen molar-refractivity contribution in [2.45, 2.75) is 19.1 Å². The number of hydrogen-bond acceptors (Lipinski definition) is 4. The Morgan fingerprint density at radius 2 is 2.43 bits per heavy atom. The van der Waals surface area contributed by atoms with Crippen molar-refractivity contribution < 1.29 is 14.6 Å². The van der Waals surface area contributed by atoms with Crippen molar-refractivity contribution in [1.29, 1.82) is 0 Å². The summed E-state index contributed by atoms with van der Waals surface area (Å²) in [4.78, 5) is 13.3. The average Bonchev–Trinajstić information content (AvgIpc) is 2.40. The minimum absolute atomic E-state index is 0.0286. The van der Waals surface area contributed by atoms with Crippen LogP contribution < -0.4 is 5.32 Å². The molecule has 1 amide bonds. The van der Waals surface area contributed by atoms with Gasteiger partial charge in [0.2, 0.25) is 5.91 Å². The molecule has 0 radical (unpaired) electrons. The van der Waals surface area contributed by atoms with Crippen molar-refractivity contribution in [3.05, 3.63) is 0 Å². The Kier molecular flexibility index (Phi) is 4.31. The fourth-order valence-electron chi connectivity index (χ4n) is 1.54. The number of nitrogens with one attached hydrogen (secondary N) is 1. The second kappa shape index (κ2) is 5.29. The molecule has 1 fully saturated rings. The van der Waals surface area contributed by atoms with Gasteiger partial charge in [0.25, 0.3) is 0 Å². The number of aliphatic hydroxyl groups excluding tert-OH is 1. The maximum Gasteiger partial charge on any atom is 0.236 e. The van der Waals surface area contributed by atoms with Gasteiger partial charge in [0.15, 0.2) is 0 Å². The number of amides is 1. The van der Waals surface area contributed by atoms with Gasteiger partial charge in [-0.3, -0.25) is 9.69 Å². The number of ether oxygens (including phenoxy) is 1. The summed E-state index contributed by atoms with van der Waals surface area (Å²) in [5, 5.41) is 12.1. The molecule has 1 heterocycles. The van der Waals surface area contributed by atoms with Crippen molar-refractivity contribution in [1.82, 2.24) is 10.2 Å². The van der Waals surface area contributed by atoms with E-state index in [0.717, 1.165) is 0 Å². The highest BCUT2D eigenvalue weighted by atomic mass is 16.5. The lowest BCUT2D eigenvalue weighted by Gasteiger charge is -2.26. The van der Waals surface area contributed by atoms with Crippen molar-refractivity contribution in [3.63, 3.8) is 0 Å². The highest BCUT2D eigenvalue weighted by Crippen LogP contribution is 2.05. The molecular formula is C9H18N2O3. The van der Waals surface area contributed by atoms with Crippen molar-refractivity contribution in [3.8, 4) is 0 Å². The van der Waals surface area contributed by atoms with Gasteiger partial charge >= 0.3 is 0 Å². The lowest BCUT2D eigenvalue weighted by atomic mass is 10.2. The van der Waals surface area contributed by atoms with Crippen LogP contribution in [0.4, 0.5) is 0 Å². The van der Waals surface area contributed by atoms with Gasteiger partial charge in [0.05, 0.1) is 25.4 Å². The van der Waals surface area contributed by atoms with Gasteiger partial charge in [0, 0.05) is 20.1 Å². The summed E-state index contributed by atoms with van der Waals surface area (Å²) in [6.45, 7) is 3.94. The highest BCUT2D eigenvalue weighted by Gasteiger charge is 2.24. The number of aliphatic hydroxyl groups is 1. The lowest BCUT2D eigenvalue weighted by Crippen LogP contribution is -2.47. The molecule has 1 aliphatic rings. The topological polar surface area (TPSA) is 61.8 Å².